The lowest BCUT2D eigenvalue weighted by Crippen LogP contribution is -2.22. The highest BCUT2D eigenvalue weighted by atomic mass is 35.5. The van der Waals surface area contributed by atoms with Crippen LogP contribution in [0, 0.1) is 5.82 Å². The van der Waals surface area contributed by atoms with Crippen molar-refractivity contribution in [2.75, 3.05) is 19.5 Å². The van der Waals surface area contributed by atoms with Crippen molar-refractivity contribution in [3.05, 3.63) is 47.2 Å². The Hall–Kier alpha value is -1.92. The lowest BCUT2D eigenvalue weighted by atomic mass is 10.3. The van der Waals surface area contributed by atoms with E-state index >= 15 is 0 Å². The van der Waals surface area contributed by atoms with Crippen LogP contribution >= 0.6 is 23.4 Å². The van der Waals surface area contributed by atoms with E-state index < -0.39 is 5.82 Å². The molecule has 0 spiro atoms. The van der Waals surface area contributed by atoms with Crippen LogP contribution < -0.4 is 14.8 Å². The summed E-state index contributed by atoms with van der Waals surface area (Å²) in [5.41, 5.74) is 0.450. The molecule has 1 N–H and O–H groups in total. The van der Waals surface area contributed by atoms with Crippen LogP contribution in [0.1, 0.15) is 6.92 Å². The Morgan fingerprint density at radius 2 is 1.88 bits per heavy atom. The maximum Gasteiger partial charge on any atom is 0.237 e. The minimum Gasteiger partial charge on any atom is -0.493 e. The number of carbonyl (C=O) groups is 1. The molecule has 0 saturated carbocycles. The third-order valence-electron chi connectivity index (χ3n) is 3.22. The maximum atomic E-state index is 13.1. The summed E-state index contributed by atoms with van der Waals surface area (Å²) in [6.45, 7) is 1.78. The van der Waals surface area contributed by atoms with E-state index in [0.717, 1.165) is 4.90 Å². The number of anilines is 1. The molecule has 0 bridgehead atoms. The molecule has 4 nitrogen and oxygen atoms in total. The van der Waals surface area contributed by atoms with Gasteiger partial charge in [0.25, 0.3) is 0 Å². The first-order chi connectivity index (χ1) is 11.4. The average Bonchev–Trinajstić information content (AvgIpc) is 2.57. The fraction of sp³-hybridized carbons (Fsp3) is 0.235. The summed E-state index contributed by atoms with van der Waals surface area (Å²) >= 11 is 7.08. The zero-order valence-corrected chi connectivity index (χ0v) is 15.0. The summed E-state index contributed by atoms with van der Waals surface area (Å²) in [6, 6.07) is 9.50. The number of rotatable bonds is 6. The molecule has 0 unspecified atom stereocenters. The molecule has 128 valence electrons. The van der Waals surface area contributed by atoms with E-state index in [9.17, 15) is 9.18 Å². The largest absolute Gasteiger partial charge is 0.493 e. The van der Waals surface area contributed by atoms with Crippen LogP contribution in [0.4, 0.5) is 10.1 Å². The van der Waals surface area contributed by atoms with Gasteiger partial charge in [0.05, 0.1) is 24.5 Å². The Morgan fingerprint density at radius 3 is 2.50 bits per heavy atom. The SMILES string of the molecule is COc1ccc(S[C@@H](C)C(=O)Nc2ccc(F)c(Cl)c2)cc1OC. The first-order valence-electron chi connectivity index (χ1n) is 7.09. The monoisotopic (exact) mass is 369 g/mol. The molecule has 2 aromatic carbocycles. The van der Waals surface area contributed by atoms with Crippen LogP contribution in [-0.2, 0) is 4.79 Å². The van der Waals surface area contributed by atoms with E-state index in [1.165, 1.54) is 30.0 Å². The van der Waals surface area contributed by atoms with Crippen LogP contribution in [0.25, 0.3) is 0 Å². The zero-order chi connectivity index (χ0) is 17.7. The van der Waals surface area contributed by atoms with Crippen molar-refractivity contribution in [2.45, 2.75) is 17.1 Å². The summed E-state index contributed by atoms with van der Waals surface area (Å²) in [5.74, 6) is 0.486. The second-order valence-corrected chi connectivity index (χ2v) is 6.72. The molecule has 2 rings (SSSR count). The standard InChI is InChI=1S/C17H17ClFNO3S/c1-10(17(21)20-11-4-6-14(19)13(18)8-11)24-12-5-7-15(22-2)16(9-12)23-3/h4-10H,1-3H3,(H,20,21)/t10-/m0/s1. The number of benzene rings is 2. The highest BCUT2D eigenvalue weighted by Gasteiger charge is 2.16. The van der Waals surface area contributed by atoms with Crippen molar-refractivity contribution < 1.29 is 18.7 Å². The Balaban J connectivity index is 2.04. The smallest absolute Gasteiger partial charge is 0.237 e. The quantitative estimate of drug-likeness (QED) is 0.755. The first kappa shape index (κ1) is 18.4. The van der Waals surface area contributed by atoms with Crippen LogP contribution in [0.2, 0.25) is 5.02 Å². The number of nitrogens with one attached hydrogen (secondary N) is 1. The predicted octanol–water partition coefficient (Wildman–Crippen LogP) is 4.62. The van der Waals surface area contributed by atoms with E-state index in [2.05, 4.69) is 5.32 Å². The van der Waals surface area contributed by atoms with E-state index in [0.29, 0.717) is 17.2 Å². The number of hydrogen-bond acceptors (Lipinski definition) is 4. The molecule has 0 radical (unpaired) electrons. The lowest BCUT2D eigenvalue weighted by Gasteiger charge is -2.14. The van der Waals surface area contributed by atoms with E-state index in [1.807, 2.05) is 12.1 Å². The molecule has 0 aliphatic rings. The molecule has 7 heteroatoms. The van der Waals surface area contributed by atoms with Gasteiger partial charge in [-0.2, -0.15) is 0 Å². The van der Waals surface area contributed by atoms with Crippen molar-refractivity contribution in [3.8, 4) is 11.5 Å². The minimum atomic E-state index is -0.526. The summed E-state index contributed by atoms with van der Waals surface area (Å²) in [5, 5.41) is 2.31. The van der Waals surface area contributed by atoms with Gasteiger partial charge in [-0.1, -0.05) is 11.6 Å². The van der Waals surface area contributed by atoms with Crippen molar-refractivity contribution in [3.63, 3.8) is 0 Å². The molecular formula is C17H17ClFNO3S. The summed E-state index contributed by atoms with van der Waals surface area (Å²) in [7, 11) is 3.12. The summed E-state index contributed by atoms with van der Waals surface area (Å²) < 4.78 is 23.6. The number of halogens is 2. The molecule has 0 saturated heterocycles. The van der Waals surface area contributed by atoms with Gasteiger partial charge in [-0.15, -0.1) is 11.8 Å². The highest BCUT2D eigenvalue weighted by Crippen LogP contribution is 2.33. The van der Waals surface area contributed by atoms with E-state index in [4.69, 9.17) is 21.1 Å². The molecule has 1 amide bonds. The highest BCUT2D eigenvalue weighted by molar-refractivity contribution is 8.00. The van der Waals surface area contributed by atoms with Gasteiger partial charge < -0.3 is 14.8 Å². The third kappa shape index (κ3) is 4.55. The van der Waals surface area contributed by atoms with Crippen molar-refractivity contribution in [1.82, 2.24) is 0 Å². The molecule has 24 heavy (non-hydrogen) atoms. The fourth-order valence-electron chi connectivity index (χ4n) is 1.97. The first-order valence-corrected chi connectivity index (χ1v) is 8.35. The van der Waals surface area contributed by atoms with Gasteiger partial charge in [0, 0.05) is 10.6 Å². The van der Waals surface area contributed by atoms with Gasteiger partial charge in [0.15, 0.2) is 11.5 Å². The Morgan fingerprint density at radius 1 is 1.17 bits per heavy atom. The topological polar surface area (TPSA) is 47.6 Å². The Kier molecular flexibility index (Phi) is 6.34. The third-order valence-corrected chi connectivity index (χ3v) is 4.61. The summed E-state index contributed by atoms with van der Waals surface area (Å²) in [6.07, 6.45) is 0. The van der Waals surface area contributed by atoms with E-state index in [1.54, 1.807) is 27.2 Å². The number of methoxy groups -OCH3 is 2. The predicted molar refractivity (Wildman–Crippen MR) is 94.9 cm³/mol. The number of hydrogen-bond donors (Lipinski definition) is 1. The normalized spacial score (nSPS) is 11.7. The van der Waals surface area contributed by atoms with Crippen molar-refractivity contribution in [2.24, 2.45) is 0 Å². The maximum absolute atomic E-state index is 13.1. The van der Waals surface area contributed by atoms with E-state index in [-0.39, 0.29) is 16.2 Å². The van der Waals surface area contributed by atoms with Gasteiger partial charge in [0.1, 0.15) is 5.82 Å². The minimum absolute atomic E-state index is 0.0343. The Labute approximate surface area is 149 Å². The number of amides is 1. The Bertz CT molecular complexity index is 742. The molecule has 0 aromatic heterocycles. The summed E-state index contributed by atoms with van der Waals surface area (Å²) in [4.78, 5) is 13.1. The molecule has 2 aromatic rings. The number of thioether (sulfide) groups is 1. The second kappa shape index (κ2) is 8.26. The lowest BCUT2D eigenvalue weighted by molar-refractivity contribution is -0.115. The zero-order valence-electron chi connectivity index (χ0n) is 13.4. The average molecular weight is 370 g/mol. The number of ether oxygens (including phenoxy) is 2. The molecule has 0 heterocycles. The molecule has 0 aliphatic carbocycles. The molecule has 0 aliphatic heterocycles. The van der Waals surface area contributed by atoms with Gasteiger partial charge >= 0.3 is 0 Å². The van der Waals surface area contributed by atoms with Crippen LogP contribution in [-0.4, -0.2) is 25.4 Å². The van der Waals surface area contributed by atoms with Gasteiger partial charge in [-0.05, 0) is 43.3 Å². The van der Waals surface area contributed by atoms with Crippen molar-refractivity contribution in [1.29, 1.82) is 0 Å². The van der Waals surface area contributed by atoms with Crippen molar-refractivity contribution >= 4 is 35.0 Å². The molecule has 1 atom stereocenters. The fourth-order valence-corrected chi connectivity index (χ4v) is 3.04. The van der Waals surface area contributed by atoms with Crippen LogP contribution in [0.15, 0.2) is 41.3 Å². The van der Waals surface area contributed by atoms with Crippen LogP contribution in [0.3, 0.4) is 0 Å². The number of carbonyl (C=O) groups excluding carboxylic acids is 1. The van der Waals surface area contributed by atoms with Gasteiger partial charge in [-0.25, -0.2) is 4.39 Å². The van der Waals surface area contributed by atoms with Gasteiger partial charge in [-0.3, -0.25) is 4.79 Å². The molecular weight excluding hydrogens is 353 g/mol. The van der Waals surface area contributed by atoms with Gasteiger partial charge in [0.2, 0.25) is 5.91 Å². The molecule has 0 fully saturated rings. The van der Waals surface area contributed by atoms with Crippen LogP contribution in [0.5, 0.6) is 11.5 Å². The second-order valence-electron chi connectivity index (χ2n) is 4.90.